The topological polar surface area (TPSA) is 30.7 Å². The molecule has 0 aliphatic heterocycles. The zero-order valence-corrected chi connectivity index (χ0v) is 8.51. The second-order valence-corrected chi connectivity index (χ2v) is 3.35. The van der Waals surface area contributed by atoms with Crippen molar-refractivity contribution in [3.8, 4) is 0 Å². The number of nitrogens with zero attached hydrogens (tertiary/aromatic N) is 1. The molecule has 1 aliphatic rings. The highest BCUT2D eigenvalue weighted by Gasteiger charge is 2.18. The van der Waals surface area contributed by atoms with Crippen LogP contribution >= 0.6 is 0 Å². The summed E-state index contributed by atoms with van der Waals surface area (Å²) in [7, 11) is 0. The third-order valence-electron chi connectivity index (χ3n) is 2.37. The Labute approximate surface area is 84.6 Å². The Bertz CT molecular complexity index is 278. The first kappa shape index (κ1) is 10.8. The maximum absolute atomic E-state index is 11.4. The van der Waals surface area contributed by atoms with Crippen LogP contribution in [-0.4, -0.2) is 12.6 Å². The van der Waals surface area contributed by atoms with E-state index in [1.165, 1.54) is 6.42 Å². The van der Waals surface area contributed by atoms with Crippen molar-refractivity contribution in [2.75, 3.05) is 6.61 Å². The van der Waals surface area contributed by atoms with Gasteiger partial charge in [-0.1, -0.05) is 24.8 Å². The van der Waals surface area contributed by atoms with E-state index in [0.717, 1.165) is 31.3 Å². The minimum Gasteiger partial charge on any atom is -0.471 e. The molecule has 1 aliphatic carbocycles. The van der Waals surface area contributed by atoms with Crippen molar-refractivity contribution in [3.05, 3.63) is 22.7 Å². The average Bonchev–Trinajstić information content (AvgIpc) is 2.21. The van der Waals surface area contributed by atoms with Gasteiger partial charge in [-0.15, -0.1) is 0 Å². The van der Waals surface area contributed by atoms with Gasteiger partial charge in [0.05, 0.1) is 13.2 Å². The van der Waals surface area contributed by atoms with Crippen molar-refractivity contribution < 1.29 is 9.53 Å². The molecule has 1 saturated carbocycles. The van der Waals surface area contributed by atoms with Crippen LogP contribution in [0.25, 0.3) is 4.85 Å². The third-order valence-corrected chi connectivity index (χ3v) is 2.37. The molecule has 0 atom stereocenters. The fourth-order valence-corrected chi connectivity index (χ4v) is 1.68. The summed E-state index contributed by atoms with van der Waals surface area (Å²) in [5, 5.41) is 0. The normalized spacial score (nSPS) is 15.9. The van der Waals surface area contributed by atoms with E-state index >= 15 is 0 Å². The summed E-state index contributed by atoms with van der Waals surface area (Å²) >= 11 is 0. The fourth-order valence-electron chi connectivity index (χ4n) is 1.68. The van der Waals surface area contributed by atoms with Gasteiger partial charge >= 0.3 is 5.97 Å². The number of allylic oxidation sites excluding steroid dienone is 1. The standard InChI is InChI=1S/C11H15NO2/c1-3-14-11(13)10(12-2)9-7-5-4-6-8-9/h3-8H2,1H3. The predicted molar refractivity (Wildman–Crippen MR) is 53.3 cm³/mol. The van der Waals surface area contributed by atoms with E-state index in [2.05, 4.69) is 4.85 Å². The van der Waals surface area contributed by atoms with Crippen LogP contribution < -0.4 is 0 Å². The molecule has 0 N–H and O–H groups in total. The van der Waals surface area contributed by atoms with Crippen LogP contribution in [0, 0.1) is 6.57 Å². The molecule has 0 aromatic rings. The smallest absolute Gasteiger partial charge is 0.336 e. The van der Waals surface area contributed by atoms with E-state index in [9.17, 15) is 4.79 Å². The van der Waals surface area contributed by atoms with Gasteiger partial charge in [0.2, 0.25) is 0 Å². The van der Waals surface area contributed by atoms with Crippen molar-refractivity contribution in [1.82, 2.24) is 0 Å². The lowest BCUT2D eigenvalue weighted by molar-refractivity contribution is -0.138. The lowest BCUT2D eigenvalue weighted by Crippen LogP contribution is -2.09. The molecule has 0 aromatic carbocycles. The van der Waals surface area contributed by atoms with Gasteiger partial charge in [0, 0.05) is 0 Å². The summed E-state index contributed by atoms with van der Waals surface area (Å²) in [6.07, 6.45) is 5.16. The minimum atomic E-state index is -0.445. The number of carbonyl (C=O) groups is 1. The molecule has 0 unspecified atom stereocenters. The fraction of sp³-hybridized carbons (Fsp3) is 0.636. The van der Waals surface area contributed by atoms with Gasteiger partial charge < -0.3 is 4.74 Å². The number of hydrogen-bond acceptors (Lipinski definition) is 2. The van der Waals surface area contributed by atoms with Gasteiger partial charge in [-0.3, -0.25) is 4.79 Å². The van der Waals surface area contributed by atoms with Crippen molar-refractivity contribution in [2.45, 2.75) is 39.0 Å². The molecule has 0 aromatic heterocycles. The number of rotatable bonds is 2. The summed E-state index contributed by atoms with van der Waals surface area (Å²) in [6.45, 7) is 9.06. The molecule has 0 bridgehead atoms. The van der Waals surface area contributed by atoms with Crippen LogP contribution in [0.2, 0.25) is 0 Å². The molecule has 1 fully saturated rings. The van der Waals surface area contributed by atoms with Crippen molar-refractivity contribution in [3.63, 3.8) is 0 Å². The zero-order chi connectivity index (χ0) is 10.4. The Morgan fingerprint density at radius 2 is 2.07 bits per heavy atom. The maximum atomic E-state index is 11.4. The highest BCUT2D eigenvalue weighted by atomic mass is 16.5. The number of ether oxygens (including phenoxy) is 1. The quantitative estimate of drug-likeness (QED) is 0.383. The third kappa shape index (κ3) is 2.59. The summed E-state index contributed by atoms with van der Waals surface area (Å²) in [5.74, 6) is -0.445. The SMILES string of the molecule is [C-]#[N+]C(C(=O)OCC)=C1CCCCC1. The van der Waals surface area contributed by atoms with Crippen molar-refractivity contribution >= 4 is 5.97 Å². The molecule has 3 heteroatoms. The first-order valence-corrected chi connectivity index (χ1v) is 5.06. The van der Waals surface area contributed by atoms with Crippen molar-refractivity contribution in [2.24, 2.45) is 0 Å². The molecular formula is C11H15NO2. The first-order chi connectivity index (χ1) is 6.79. The van der Waals surface area contributed by atoms with Crippen LogP contribution in [0.5, 0.6) is 0 Å². The van der Waals surface area contributed by atoms with Crippen molar-refractivity contribution in [1.29, 1.82) is 0 Å². The molecule has 1 rings (SSSR count). The Balaban J connectivity index is 2.77. The van der Waals surface area contributed by atoms with E-state index in [0.29, 0.717) is 6.61 Å². The van der Waals surface area contributed by atoms with Crippen LogP contribution in [0.3, 0.4) is 0 Å². The van der Waals surface area contributed by atoms with Crippen LogP contribution in [0.4, 0.5) is 0 Å². The zero-order valence-electron chi connectivity index (χ0n) is 8.51. The van der Waals surface area contributed by atoms with E-state index < -0.39 is 5.97 Å². The van der Waals surface area contributed by atoms with E-state index in [1.54, 1.807) is 6.92 Å². The second-order valence-electron chi connectivity index (χ2n) is 3.35. The molecule has 76 valence electrons. The largest absolute Gasteiger partial charge is 0.471 e. The summed E-state index contributed by atoms with van der Waals surface area (Å²) < 4.78 is 4.84. The Morgan fingerprint density at radius 3 is 2.57 bits per heavy atom. The van der Waals surface area contributed by atoms with Crippen LogP contribution in [-0.2, 0) is 9.53 Å². The van der Waals surface area contributed by atoms with Gasteiger partial charge in [-0.25, -0.2) is 4.85 Å². The number of esters is 1. The van der Waals surface area contributed by atoms with Gasteiger partial charge in [0.15, 0.2) is 0 Å². The molecule has 14 heavy (non-hydrogen) atoms. The molecule has 0 heterocycles. The molecular weight excluding hydrogens is 178 g/mol. The van der Waals surface area contributed by atoms with E-state index in [1.807, 2.05) is 0 Å². The average molecular weight is 193 g/mol. The van der Waals surface area contributed by atoms with E-state index in [-0.39, 0.29) is 5.70 Å². The lowest BCUT2D eigenvalue weighted by atomic mass is 9.93. The first-order valence-electron chi connectivity index (χ1n) is 5.06. The summed E-state index contributed by atoms with van der Waals surface area (Å²) in [4.78, 5) is 14.7. The summed E-state index contributed by atoms with van der Waals surface area (Å²) in [6, 6.07) is 0. The maximum Gasteiger partial charge on any atom is 0.336 e. The highest BCUT2D eigenvalue weighted by molar-refractivity contribution is 5.91. The van der Waals surface area contributed by atoms with E-state index in [4.69, 9.17) is 11.3 Å². The second kappa shape index (κ2) is 5.43. The van der Waals surface area contributed by atoms with Crippen LogP contribution in [0.15, 0.2) is 11.3 Å². The monoisotopic (exact) mass is 193 g/mol. The lowest BCUT2D eigenvalue weighted by Gasteiger charge is -2.14. The Morgan fingerprint density at radius 1 is 1.43 bits per heavy atom. The molecule has 0 saturated heterocycles. The number of carbonyl (C=O) groups excluding carboxylic acids is 1. The van der Waals surface area contributed by atoms with Gasteiger partial charge in [-0.05, 0) is 19.8 Å². The van der Waals surface area contributed by atoms with Gasteiger partial charge in [0.25, 0.3) is 5.70 Å². The molecule has 0 amide bonds. The molecule has 3 nitrogen and oxygen atoms in total. The number of hydrogen-bond donors (Lipinski definition) is 0. The Kier molecular flexibility index (Phi) is 4.18. The van der Waals surface area contributed by atoms with Gasteiger partial charge in [-0.2, -0.15) is 0 Å². The Hall–Kier alpha value is -1.30. The minimum absolute atomic E-state index is 0.228. The molecule has 0 spiro atoms. The predicted octanol–water partition coefficient (Wildman–Crippen LogP) is 2.69. The summed E-state index contributed by atoms with van der Waals surface area (Å²) in [5.41, 5.74) is 1.22. The van der Waals surface area contributed by atoms with Gasteiger partial charge in [0.1, 0.15) is 0 Å². The van der Waals surface area contributed by atoms with Crippen LogP contribution in [0.1, 0.15) is 39.0 Å². The highest BCUT2D eigenvalue weighted by Crippen LogP contribution is 2.26. The molecule has 0 radical (unpaired) electrons.